The lowest BCUT2D eigenvalue weighted by Gasteiger charge is -2.51. The number of anilines is 2. The highest BCUT2D eigenvalue weighted by Crippen LogP contribution is 2.66. The highest BCUT2D eigenvalue weighted by atomic mass is 79.9. The van der Waals surface area contributed by atoms with Crippen LogP contribution >= 0.6 is 15.9 Å². The molecule has 0 spiro atoms. The summed E-state index contributed by atoms with van der Waals surface area (Å²) in [6.07, 6.45) is 0. The molecule has 1 aliphatic heterocycles. The van der Waals surface area contributed by atoms with Crippen molar-refractivity contribution in [1.82, 2.24) is 0 Å². The fourth-order valence-electron chi connectivity index (χ4n) is 5.68. The highest BCUT2D eigenvalue weighted by Gasteiger charge is 2.67. The van der Waals surface area contributed by atoms with Gasteiger partial charge in [-0.15, -0.1) is 0 Å². The zero-order chi connectivity index (χ0) is 21.5. The summed E-state index contributed by atoms with van der Waals surface area (Å²) in [4.78, 5) is 28.7. The number of amides is 2. The largest absolute Gasteiger partial charge is 0.733 e. The van der Waals surface area contributed by atoms with E-state index < -0.39 is 16.2 Å². The van der Waals surface area contributed by atoms with Crippen molar-refractivity contribution in [2.75, 3.05) is 10.1 Å². The number of rotatable bonds is 2. The second-order valence-corrected chi connectivity index (χ2v) is 9.42. The van der Waals surface area contributed by atoms with Crippen LogP contribution in [0.25, 0.3) is 0 Å². The molecule has 0 saturated carbocycles. The van der Waals surface area contributed by atoms with E-state index in [1.54, 1.807) is 6.07 Å². The van der Waals surface area contributed by atoms with Gasteiger partial charge in [-0.2, -0.15) is 0 Å². The van der Waals surface area contributed by atoms with Gasteiger partial charge in [0.15, 0.2) is 0 Å². The molecule has 7 rings (SSSR count). The van der Waals surface area contributed by atoms with E-state index in [2.05, 4.69) is 15.9 Å². The molecule has 0 aromatic heterocycles. The molecule has 2 amide bonds. The number of alkyl halides is 1. The van der Waals surface area contributed by atoms with Crippen LogP contribution in [0.5, 0.6) is 0 Å². The molecular weight excluding hydrogens is 460 g/mol. The predicted molar refractivity (Wildman–Crippen MR) is 118 cm³/mol. The lowest BCUT2D eigenvalue weighted by atomic mass is 9.55. The van der Waals surface area contributed by atoms with E-state index in [1.165, 1.54) is 23.1 Å². The van der Waals surface area contributed by atoms with Crippen LogP contribution in [0.4, 0.5) is 11.4 Å². The van der Waals surface area contributed by atoms with Gasteiger partial charge in [0.05, 0.1) is 27.5 Å². The van der Waals surface area contributed by atoms with Crippen LogP contribution in [0.1, 0.15) is 28.2 Å². The Morgan fingerprint density at radius 2 is 1.52 bits per heavy atom. The third-order valence-corrected chi connectivity index (χ3v) is 8.17. The van der Waals surface area contributed by atoms with Gasteiger partial charge in [0.2, 0.25) is 11.8 Å². The van der Waals surface area contributed by atoms with Gasteiger partial charge in [-0.25, -0.2) is 4.90 Å². The van der Waals surface area contributed by atoms with Crippen LogP contribution in [0, 0.1) is 17.0 Å². The average Bonchev–Trinajstić information content (AvgIpc) is 3.06. The molecule has 7 heteroatoms. The zero-order valence-electron chi connectivity index (χ0n) is 16.1. The van der Waals surface area contributed by atoms with Gasteiger partial charge in [-0.1, -0.05) is 70.5 Å². The molecule has 1 fully saturated rings. The normalized spacial score (nSPS) is 27.7. The van der Waals surface area contributed by atoms with Gasteiger partial charge in [-0.05, 0) is 40.5 Å². The Labute approximate surface area is 186 Å². The van der Waals surface area contributed by atoms with Crippen molar-refractivity contribution in [3.63, 3.8) is 0 Å². The van der Waals surface area contributed by atoms with Crippen molar-refractivity contribution in [1.29, 1.82) is 0 Å². The molecule has 0 radical (unpaired) electrons. The first-order chi connectivity index (χ1) is 14.9. The maximum absolute atomic E-state index is 13.8. The molecule has 2 atom stereocenters. The molecule has 3 aromatic rings. The summed E-state index contributed by atoms with van der Waals surface area (Å²) >= 11 is 3.95. The van der Waals surface area contributed by atoms with Gasteiger partial charge in [0.25, 0.3) is 0 Å². The zero-order valence-corrected chi connectivity index (χ0v) is 17.7. The number of benzene rings is 3. The quantitative estimate of drug-likeness (QED) is 0.339. The van der Waals surface area contributed by atoms with Gasteiger partial charge in [0.1, 0.15) is 0 Å². The Morgan fingerprint density at radius 3 is 2.13 bits per heavy atom. The summed E-state index contributed by atoms with van der Waals surface area (Å²) in [5.41, 5.74) is 4.36. The topological polar surface area (TPSA) is 83.9 Å². The number of halogens is 1. The van der Waals surface area contributed by atoms with Crippen molar-refractivity contribution in [3.05, 3.63) is 100 Å². The molecule has 1 saturated heterocycles. The minimum Gasteiger partial charge on any atom is -0.733 e. The van der Waals surface area contributed by atoms with Crippen molar-refractivity contribution < 1.29 is 14.8 Å². The summed E-state index contributed by atoms with van der Waals surface area (Å²) in [6.45, 7) is 0. The Bertz CT molecular complexity index is 1230. The Kier molecular flexibility index (Phi) is 3.78. The summed E-state index contributed by atoms with van der Waals surface area (Å²) < 4.78 is -0.819. The third-order valence-electron chi connectivity index (χ3n) is 6.82. The minimum atomic E-state index is -0.819. The van der Waals surface area contributed by atoms with E-state index >= 15 is 0 Å². The molecule has 3 aliphatic carbocycles. The maximum Gasteiger partial charge on any atom is 0.239 e. The second-order valence-electron chi connectivity index (χ2n) is 8.17. The second kappa shape index (κ2) is 6.26. The fraction of sp³-hybridized carbons (Fsp3) is 0.167. The minimum absolute atomic E-state index is 0.0453. The van der Waals surface area contributed by atoms with E-state index in [4.69, 9.17) is 0 Å². The SMILES string of the molecule is O=C1[C@@H]2C3c4ccccc4C(Br)(c4ccccc43)[C@@H]2C(=O)N1c1cccc(N([O-])O)c1. The summed E-state index contributed by atoms with van der Waals surface area (Å²) in [7, 11) is 0. The molecule has 1 N–H and O–H groups in total. The van der Waals surface area contributed by atoms with Crippen LogP contribution < -0.4 is 10.1 Å². The first-order valence-electron chi connectivity index (χ1n) is 9.96. The van der Waals surface area contributed by atoms with Crippen LogP contribution in [-0.4, -0.2) is 17.0 Å². The monoisotopic (exact) mass is 475 g/mol. The smallest absolute Gasteiger partial charge is 0.239 e. The lowest BCUT2D eigenvalue weighted by Crippen LogP contribution is -2.50. The number of imide groups is 1. The van der Waals surface area contributed by atoms with Gasteiger partial charge < -0.3 is 10.4 Å². The van der Waals surface area contributed by atoms with E-state index in [9.17, 15) is 20.0 Å². The molecule has 6 nitrogen and oxygen atoms in total. The van der Waals surface area contributed by atoms with Crippen LogP contribution in [0.3, 0.4) is 0 Å². The molecular formula is C24H16BrN2O4-. The van der Waals surface area contributed by atoms with Gasteiger partial charge >= 0.3 is 0 Å². The van der Waals surface area contributed by atoms with Gasteiger partial charge in [-0.3, -0.25) is 14.8 Å². The van der Waals surface area contributed by atoms with Crippen molar-refractivity contribution in [3.8, 4) is 0 Å². The van der Waals surface area contributed by atoms with Crippen LogP contribution in [0.2, 0.25) is 0 Å². The summed E-state index contributed by atoms with van der Waals surface area (Å²) in [5, 5.41) is 20.4. The number of carbonyl (C=O) groups is 2. The lowest BCUT2D eigenvalue weighted by molar-refractivity contribution is -0.122. The summed E-state index contributed by atoms with van der Waals surface area (Å²) in [6, 6.07) is 21.8. The maximum atomic E-state index is 13.8. The van der Waals surface area contributed by atoms with Crippen molar-refractivity contribution >= 4 is 39.1 Å². The molecule has 2 bridgehead atoms. The first-order valence-corrected chi connectivity index (χ1v) is 10.8. The Morgan fingerprint density at radius 1 is 0.903 bits per heavy atom. The van der Waals surface area contributed by atoms with E-state index in [-0.39, 0.29) is 34.3 Å². The van der Waals surface area contributed by atoms with Gasteiger partial charge in [0, 0.05) is 5.92 Å². The molecule has 4 aliphatic rings. The van der Waals surface area contributed by atoms with Crippen LogP contribution in [0.15, 0.2) is 72.8 Å². The van der Waals surface area contributed by atoms with E-state index in [0.717, 1.165) is 22.3 Å². The number of hydrogen-bond donors (Lipinski definition) is 1. The van der Waals surface area contributed by atoms with E-state index in [0.29, 0.717) is 0 Å². The first kappa shape index (κ1) is 18.7. The van der Waals surface area contributed by atoms with Crippen LogP contribution in [-0.2, 0) is 13.9 Å². The Hall–Kier alpha value is -3.00. The number of carbonyl (C=O) groups excluding carboxylic acids is 2. The van der Waals surface area contributed by atoms with E-state index in [1.807, 2.05) is 48.5 Å². The van der Waals surface area contributed by atoms with Crippen molar-refractivity contribution in [2.45, 2.75) is 10.2 Å². The average molecular weight is 476 g/mol. The number of hydrogen-bond acceptors (Lipinski definition) is 5. The standard InChI is InChI=1S/C24H16BrN2O4/c25-24-17-10-3-1-8-15(17)19(16-9-2-4-11-18(16)24)20-21(24)23(29)26(22(20)28)13-6-5-7-14(12-13)27(30)31/h1-12,19-21,30H/q-1/t19?,20-,21+,24?/m1/s1. The molecule has 1 heterocycles. The number of nitrogens with zero attached hydrogens (tertiary/aromatic N) is 2. The predicted octanol–water partition coefficient (Wildman–Crippen LogP) is 4.28. The van der Waals surface area contributed by atoms with Crippen molar-refractivity contribution in [2.24, 2.45) is 11.8 Å². The third kappa shape index (κ3) is 2.23. The molecule has 154 valence electrons. The highest BCUT2D eigenvalue weighted by molar-refractivity contribution is 9.09. The molecule has 31 heavy (non-hydrogen) atoms. The Balaban J connectivity index is 1.58. The fourth-order valence-corrected chi connectivity index (χ4v) is 6.89. The molecule has 0 unspecified atom stereocenters. The summed E-state index contributed by atoms with van der Waals surface area (Å²) in [5.74, 6) is -2.00. The molecule has 3 aromatic carbocycles.